The summed E-state index contributed by atoms with van der Waals surface area (Å²) in [6.45, 7) is 3.25. The number of carbonyl (C=O) groups excluding carboxylic acids is 1. The zero-order valence-corrected chi connectivity index (χ0v) is 13.0. The molecule has 2 rings (SSSR count). The molecule has 9 heteroatoms. The molecule has 1 aliphatic rings. The van der Waals surface area contributed by atoms with E-state index in [-0.39, 0.29) is 12.0 Å². The van der Waals surface area contributed by atoms with Crippen molar-refractivity contribution in [3.05, 3.63) is 35.9 Å². The Morgan fingerprint density at radius 3 is 2.42 bits per heavy atom. The van der Waals surface area contributed by atoms with Crippen LogP contribution in [0.25, 0.3) is 0 Å². The first-order valence-corrected chi connectivity index (χ1v) is 7.12. The third-order valence-corrected chi connectivity index (χ3v) is 3.30. The van der Waals surface area contributed by atoms with Crippen molar-refractivity contribution in [2.45, 2.75) is 18.8 Å². The lowest BCUT2D eigenvalue weighted by Crippen LogP contribution is -2.54. The van der Waals surface area contributed by atoms with E-state index >= 15 is 0 Å². The average molecular weight is 348 g/mol. The first-order valence-electron chi connectivity index (χ1n) is 7.12. The van der Waals surface area contributed by atoms with Crippen LogP contribution in [0.1, 0.15) is 5.56 Å². The zero-order chi connectivity index (χ0) is 18.2. The van der Waals surface area contributed by atoms with Crippen LogP contribution in [-0.4, -0.2) is 60.9 Å². The number of benzene rings is 1. The average Bonchev–Trinajstić information content (AvgIpc) is 2.55. The minimum Gasteiger partial charge on any atom is -0.475 e. The van der Waals surface area contributed by atoms with E-state index in [1.54, 1.807) is 0 Å². The molecule has 1 aliphatic heterocycles. The van der Waals surface area contributed by atoms with Crippen LogP contribution in [0.4, 0.5) is 13.2 Å². The molecule has 1 heterocycles. The van der Waals surface area contributed by atoms with Crippen LogP contribution in [0.3, 0.4) is 0 Å². The summed E-state index contributed by atoms with van der Waals surface area (Å²) < 4.78 is 36.6. The quantitative estimate of drug-likeness (QED) is 0.801. The third kappa shape index (κ3) is 6.55. The fourth-order valence-corrected chi connectivity index (χ4v) is 2.12. The summed E-state index contributed by atoms with van der Waals surface area (Å²) >= 11 is 0. The Hall–Kier alpha value is -2.13. The molecule has 0 spiro atoms. The highest BCUT2D eigenvalue weighted by molar-refractivity contribution is 5.76. The molecular weight excluding hydrogens is 329 g/mol. The van der Waals surface area contributed by atoms with Gasteiger partial charge in [-0.1, -0.05) is 30.3 Å². The van der Waals surface area contributed by atoms with Gasteiger partial charge in [-0.25, -0.2) is 4.79 Å². The van der Waals surface area contributed by atoms with Gasteiger partial charge in [0.05, 0.1) is 7.11 Å². The molecule has 1 saturated heterocycles. The van der Waals surface area contributed by atoms with E-state index in [2.05, 4.69) is 22.3 Å². The number of carboxylic acids is 1. The molecular formula is C15H19F3N2O4. The van der Waals surface area contributed by atoms with Crippen molar-refractivity contribution in [1.82, 2.24) is 10.2 Å². The molecule has 1 fully saturated rings. The van der Waals surface area contributed by atoms with Crippen LogP contribution in [0.15, 0.2) is 30.3 Å². The number of hydrogen-bond donors (Lipinski definition) is 2. The lowest BCUT2D eigenvalue weighted by molar-refractivity contribution is -0.192. The second-order valence-electron chi connectivity index (χ2n) is 5.00. The van der Waals surface area contributed by atoms with Crippen molar-refractivity contribution in [2.75, 3.05) is 26.7 Å². The van der Waals surface area contributed by atoms with Crippen molar-refractivity contribution in [3.8, 4) is 0 Å². The van der Waals surface area contributed by atoms with Crippen LogP contribution in [-0.2, 0) is 20.9 Å². The fraction of sp³-hybridized carbons (Fsp3) is 0.467. The largest absolute Gasteiger partial charge is 0.490 e. The number of aliphatic carboxylic acids is 1. The molecule has 0 aliphatic carbocycles. The number of hydrogen-bond acceptors (Lipinski definition) is 5. The number of methoxy groups -OCH3 is 1. The number of nitrogens with one attached hydrogen (secondary N) is 1. The number of nitrogens with zero attached hydrogens (tertiary/aromatic N) is 1. The van der Waals surface area contributed by atoms with Gasteiger partial charge in [0, 0.05) is 26.2 Å². The Morgan fingerprint density at radius 1 is 1.33 bits per heavy atom. The second kappa shape index (κ2) is 9.24. The van der Waals surface area contributed by atoms with Gasteiger partial charge >= 0.3 is 18.1 Å². The standard InChI is InChI=1S/C13H18N2O2.C2HF3O2/c1-17-13(16)12-9-14-7-8-15(12)10-11-5-3-2-4-6-11;3-2(4,5)1(6)7/h2-6,12,14H,7-10H2,1H3;(H,6,7)/t12-;/m0./s1. The second-order valence-corrected chi connectivity index (χ2v) is 5.00. The summed E-state index contributed by atoms with van der Waals surface area (Å²) in [6, 6.07) is 10.0. The number of halogens is 3. The van der Waals surface area contributed by atoms with Crippen molar-refractivity contribution >= 4 is 11.9 Å². The Kier molecular flexibility index (Phi) is 7.66. The minimum atomic E-state index is -5.08. The highest BCUT2D eigenvalue weighted by Gasteiger charge is 2.38. The van der Waals surface area contributed by atoms with Gasteiger partial charge in [-0.3, -0.25) is 9.69 Å². The van der Waals surface area contributed by atoms with Crippen molar-refractivity contribution in [1.29, 1.82) is 0 Å². The molecule has 0 aromatic heterocycles. The van der Waals surface area contributed by atoms with E-state index in [0.29, 0.717) is 6.54 Å². The lowest BCUT2D eigenvalue weighted by Gasteiger charge is -2.34. The van der Waals surface area contributed by atoms with Gasteiger partial charge < -0.3 is 15.2 Å². The van der Waals surface area contributed by atoms with Gasteiger partial charge in [-0.2, -0.15) is 13.2 Å². The lowest BCUT2D eigenvalue weighted by atomic mass is 10.1. The predicted octanol–water partition coefficient (Wildman–Crippen LogP) is 1.27. The van der Waals surface area contributed by atoms with E-state index in [1.165, 1.54) is 12.7 Å². The number of piperazine rings is 1. The SMILES string of the molecule is COC(=O)[C@@H]1CNCCN1Cc1ccccc1.O=C(O)C(F)(F)F. The molecule has 0 saturated carbocycles. The summed E-state index contributed by atoms with van der Waals surface area (Å²) in [6.07, 6.45) is -5.08. The Morgan fingerprint density at radius 2 is 1.92 bits per heavy atom. The maximum Gasteiger partial charge on any atom is 0.490 e. The van der Waals surface area contributed by atoms with Gasteiger partial charge in [0.2, 0.25) is 0 Å². The molecule has 24 heavy (non-hydrogen) atoms. The number of carbonyl (C=O) groups is 2. The highest BCUT2D eigenvalue weighted by atomic mass is 19.4. The van der Waals surface area contributed by atoms with Crippen molar-refractivity contribution < 1.29 is 32.6 Å². The molecule has 1 aromatic carbocycles. The topological polar surface area (TPSA) is 78.9 Å². The van der Waals surface area contributed by atoms with E-state index in [0.717, 1.165) is 19.6 Å². The zero-order valence-electron chi connectivity index (χ0n) is 13.0. The number of rotatable bonds is 3. The van der Waals surface area contributed by atoms with Crippen LogP contribution >= 0.6 is 0 Å². The van der Waals surface area contributed by atoms with E-state index in [4.69, 9.17) is 14.6 Å². The predicted molar refractivity (Wildman–Crippen MR) is 79.2 cm³/mol. The molecule has 0 bridgehead atoms. The Bertz CT molecular complexity index is 537. The van der Waals surface area contributed by atoms with Crippen molar-refractivity contribution in [3.63, 3.8) is 0 Å². The number of esters is 1. The smallest absolute Gasteiger partial charge is 0.475 e. The third-order valence-electron chi connectivity index (χ3n) is 3.30. The van der Waals surface area contributed by atoms with Gasteiger partial charge in [-0.05, 0) is 5.56 Å². The van der Waals surface area contributed by atoms with Crippen LogP contribution in [0.2, 0.25) is 0 Å². The van der Waals surface area contributed by atoms with E-state index in [9.17, 15) is 18.0 Å². The van der Waals surface area contributed by atoms with E-state index in [1.807, 2.05) is 18.2 Å². The minimum absolute atomic E-state index is 0.159. The summed E-state index contributed by atoms with van der Waals surface area (Å²) in [7, 11) is 1.44. The fourth-order valence-electron chi connectivity index (χ4n) is 2.12. The maximum atomic E-state index is 11.7. The van der Waals surface area contributed by atoms with Gasteiger partial charge in [0.25, 0.3) is 0 Å². The highest BCUT2D eigenvalue weighted by Crippen LogP contribution is 2.13. The first-order chi connectivity index (χ1) is 11.3. The molecule has 1 aromatic rings. The van der Waals surface area contributed by atoms with Crippen LogP contribution in [0, 0.1) is 0 Å². The molecule has 134 valence electrons. The van der Waals surface area contributed by atoms with E-state index < -0.39 is 12.1 Å². The maximum absolute atomic E-state index is 11.7. The number of alkyl halides is 3. The Labute approximate surface area is 137 Å². The number of carboxylic acid groups (broad SMARTS) is 1. The summed E-state index contributed by atoms with van der Waals surface area (Å²) in [5.41, 5.74) is 1.23. The summed E-state index contributed by atoms with van der Waals surface area (Å²) in [4.78, 5) is 22.7. The van der Waals surface area contributed by atoms with Gasteiger partial charge in [0.1, 0.15) is 6.04 Å². The molecule has 0 unspecified atom stereocenters. The Balaban J connectivity index is 0.000000351. The molecule has 6 nitrogen and oxygen atoms in total. The number of ether oxygens (including phenoxy) is 1. The monoisotopic (exact) mass is 348 g/mol. The van der Waals surface area contributed by atoms with Crippen LogP contribution in [0.5, 0.6) is 0 Å². The molecule has 0 radical (unpaired) electrons. The molecule has 2 N–H and O–H groups in total. The van der Waals surface area contributed by atoms with Crippen molar-refractivity contribution in [2.24, 2.45) is 0 Å². The van der Waals surface area contributed by atoms with Gasteiger partial charge in [0.15, 0.2) is 0 Å². The molecule has 0 amide bonds. The first kappa shape index (κ1) is 19.9. The normalized spacial score (nSPS) is 18.2. The van der Waals surface area contributed by atoms with Gasteiger partial charge in [-0.15, -0.1) is 0 Å². The van der Waals surface area contributed by atoms with Crippen LogP contribution < -0.4 is 5.32 Å². The molecule has 1 atom stereocenters. The summed E-state index contributed by atoms with van der Waals surface area (Å²) in [5, 5.41) is 10.3. The summed E-state index contributed by atoms with van der Waals surface area (Å²) in [5.74, 6) is -2.92.